The number of hydrogen-bond donors (Lipinski definition) is 1. The number of benzene rings is 1. The number of fused-ring (bicyclic) bond motifs is 1. The van der Waals surface area contributed by atoms with Crippen molar-refractivity contribution in [1.82, 2.24) is 0 Å². The lowest BCUT2D eigenvalue weighted by atomic mass is 10.1. The summed E-state index contributed by atoms with van der Waals surface area (Å²) < 4.78 is 17.4. The Bertz CT molecular complexity index is 715. The van der Waals surface area contributed by atoms with Crippen LogP contribution < -0.4 is 14.2 Å². The average molecular weight is 336 g/mol. The van der Waals surface area contributed by atoms with Crippen LogP contribution in [0.15, 0.2) is 12.1 Å². The predicted molar refractivity (Wildman–Crippen MR) is 89.3 cm³/mol. The molecule has 6 heteroatoms. The predicted octanol–water partition coefficient (Wildman–Crippen LogP) is 4.19. The van der Waals surface area contributed by atoms with Gasteiger partial charge in [-0.25, -0.2) is 4.79 Å². The first-order chi connectivity index (χ1) is 11.1. The van der Waals surface area contributed by atoms with Gasteiger partial charge in [0, 0.05) is 16.2 Å². The molecule has 0 unspecified atom stereocenters. The van der Waals surface area contributed by atoms with Crippen LogP contribution in [0.4, 0.5) is 0 Å². The molecule has 0 radical (unpaired) electrons. The smallest absolute Gasteiger partial charge is 0.349 e. The van der Waals surface area contributed by atoms with Gasteiger partial charge in [0.2, 0.25) is 0 Å². The van der Waals surface area contributed by atoms with E-state index in [9.17, 15) is 9.90 Å². The number of carboxylic acid groups (broad SMARTS) is 1. The van der Waals surface area contributed by atoms with E-state index in [1.165, 1.54) is 24.2 Å². The van der Waals surface area contributed by atoms with Gasteiger partial charge in [0.25, 0.3) is 0 Å². The number of rotatable bonds is 6. The second-order valence-electron chi connectivity index (χ2n) is 5.73. The van der Waals surface area contributed by atoms with Crippen molar-refractivity contribution in [3.05, 3.63) is 17.0 Å². The van der Waals surface area contributed by atoms with Gasteiger partial charge in [0.1, 0.15) is 0 Å². The number of carbonyl (C=O) groups is 1. The Morgan fingerprint density at radius 2 is 1.87 bits per heavy atom. The van der Waals surface area contributed by atoms with Gasteiger partial charge in [-0.1, -0.05) is 12.8 Å². The van der Waals surface area contributed by atoms with Crippen LogP contribution in [0.2, 0.25) is 0 Å². The summed E-state index contributed by atoms with van der Waals surface area (Å²) in [6.45, 7) is 0.570. The van der Waals surface area contributed by atoms with Gasteiger partial charge >= 0.3 is 5.97 Å². The van der Waals surface area contributed by atoms with E-state index in [4.69, 9.17) is 14.2 Å². The van der Waals surface area contributed by atoms with Crippen LogP contribution in [0.5, 0.6) is 17.2 Å². The van der Waals surface area contributed by atoms with Crippen molar-refractivity contribution in [2.75, 3.05) is 20.8 Å². The molecule has 23 heavy (non-hydrogen) atoms. The first kappa shape index (κ1) is 15.9. The van der Waals surface area contributed by atoms with E-state index >= 15 is 0 Å². The molecule has 0 atom stereocenters. The van der Waals surface area contributed by atoms with Gasteiger partial charge in [-0.05, 0) is 24.8 Å². The van der Waals surface area contributed by atoms with Crippen molar-refractivity contribution in [3.8, 4) is 17.2 Å². The molecular formula is C17H20O5S. The molecule has 1 aromatic heterocycles. The van der Waals surface area contributed by atoms with Gasteiger partial charge in [0.05, 0.1) is 20.8 Å². The van der Waals surface area contributed by atoms with Crippen molar-refractivity contribution in [1.29, 1.82) is 0 Å². The minimum absolute atomic E-state index is 0.230. The minimum Gasteiger partial charge on any atom is -0.493 e. The molecule has 2 aromatic rings. The molecule has 0 spiro atoms. The summed E-state index contributed by atoms with van der Waals surface area (Å²) in [6, 6.07) is 3.59. The number of thiophene rings is 1. The molecule has 0 aliphatic heterocycles. The molecule has 1 aromatic carbocycles. The Morgan fingerprint density at radius 1 is 1.22 bits per heavy atom. The summed E-state index contributed by atoms with van der Waals surface area (Å²) >= 11 is 1.20. The fraction of sp³-hybridized carbons (Fsp3) is 0.471. The molecule has 124 valence electrons. The van der Waals surface area contributed by atoms with Gasteiger partial charge in [-0.15, -0.1) is 11.3 Å². The Balaban J connectivity index is 2.01. The van der Waals surface area contributed by atoms with E-state index in [1.54, 1.807) is 26.4 Å². The van der Waals surface area contributed by atoms with Crippen LogP contribution in [0.3, 0.4) is 0 Å². The molecule has 1 aliphatic rings. The monoisotopic (exact) mass is 336 g/mol. The lowest BCUT2D eigenvalue weighted by Gasteiger charge is -2.12. The van der Waals surface area contributed by atoms with Crippen molar-refractivity contribution in [2.24, 2.45) is 5.92 Å². The molecule has 1 N–H and O–H groups in total. The SMILES string of the molecule is COc1cc2sc(C(=O)O)c(OCC3CCCC3)c2cc1OC. The van der Waals surface area contributed by atoms with Crippen LogP contribution in [0.25, 0.3) is 10.1 Å². The van der Waals surface area contributed by atoms with E-state index in [-0.39, 0.29) is 4.88 Å². The van der Waals surface area contributed by atoms with E-state index in [0.29, 0.717) is 29.8 Å². The average Bonchev–Trinajstić information content (AvgIpc) is 3.18. The van der Waals surface area contributed by atoms with Gasteiger partial charge in [-0.3, -0.25) is 0 Å². The molecular weight excluding hydrogens is 316 g/mol. The Labute approximate surface area is 138 Å². The molecule has 3 rings (SSSR count). The maximum atomic E-state index is 11.6. The van der Waals surface area contributed by atoms with E-state index in [1.807, 2.05) is 0 Å². The summed E-state index contributed by atoms with van der Waals surface area (Å²) in [4.78, 5) is 11.8. The molecule has 1 fully saturated rings. The van der Waals surface area contributed by atoms with Gasteiger partial charge in [0.15, 0.2) is 22.1 Å². The number of methoxy groups -OCH3 is 2. The van der Waals surface area contributed by atoms with Crippen LogP contribution in [-0.2, 0) is 0 Å². The minimum atomic E-state index is -0.967. The van der Waals surface area contributed by atoms with Gasteiger partial charge in [-0.2, -0.15) is 0 Å². The lowest BCUT2D eigenvalue weighted by Crippen LogP contribution is -2.09. The molecule has 1 aliphatic carbocycles. The van der Waals surface area contributed by atoms with Crippen molar-refractivity contribution in [3.63, 3.8) is 0 Å². The number of ether oxygens (including phenoxy) is 3. The van der Waals surface area contributed by atoms with E-state index in [0.717, 1.165) is 22.9 Å². The van der Waals surface area contributed by atoms with E-state index in [2.05, 4.69) is 0 Å². The number of hydrogen-bond acceptors (Lipinski definition) is 5. The van der Waals surface area contributed by atoms with Crippen molar-refractivity contribution >= 4 is 27.4 Å². The summed E-state index contributed by atoms with van der Waals surface area (Å²) in [6.07, 6.45) is 4.77. The van der Waals surface area contributed by atoms with Crippen LogP contribution in [-0.4, -0.2) is 31.9 Å². The Hall–Kier alpha value is -1.95. The molecule has 1 heterocycles. The first-order valence-electron chi connectivity index (χ1n) is 7.68. The highest BCUT2D eigenvalue weighted by Crippen LogP contribution is 2.44. The summed E-state index contributed by atoms with van der Waals surface area (Å²) in [7, 11) is 3.13. The maximum Gasteiger partial charge on any atom is 0.349 e. The number of aromatic carboxylic acids is 1. The van der Waals surface area contributed by atoms with Crippen LogP contribution in [0, 0.1) is 5.92 Å². The highest BCUT2D eigenvalue weighted by Gasteiger charge is 2.23. The zero-order chi connectivity index (χ0) is 16.4. The largest absolute Gasteiger partial charge is 0.493 e. The summed E-state index contributed by atoms with van der Waals surface area (Å²) in [5.74, 6) is 1.16. The van der Waals surface area contributed by atoms with Gasteiger partial charge < -0.3 is 19.3 Å². The van der Waals surface area contributed by atoms with Crippen molar-refractivity contribution < 1.29 is 24.1 Å². The maximum absolute atomic E-state index is 11.6. The zero-order valence-corrected chi connectivity index (χ0v) is 14.1. The second-order valence-corrected chi connectivity index (χ2v) is 6.78. The normalized spacial score (nSPS) is 15.0. The highest BCUT2D eigenvalue weighted by molar-refractivity contribution is 7.21. The number of carboxylic acids is 1. The molecule has 5 nitrogen and oxygen atoms in total. The highest BCUT2D eigenvalue weighted by atomic mass is 32.1. The van der Waals surface area contributed by atoms with Crippen LogP contribution >= 0.6 is 11.3 Å². The summed E-state index contributed by atoms with van der Waals surface area (Å²) in [5.41, 5.74) is 0. The second kappa shape index (κ2) is 6.66. The third-order valence-electron chi connectivity index (χ3n) is 4.28. The zero-order valence-electron chi connectivity index (χ0n) is 13.3. The lowest BCUT2D eigenvalue weighted by molar-refractivity contribution is 0.0697. The Morgan fingerprint density at radius 3 is 2.48 bits per heavy atom. The fourth-order valence-corrected chi connectivity index (χ4v) is 4.06. The molecule has 1 saturated carbocycles. The molecule has 0 bridgehead atoms. The first-order valence-corrected chi connectivity index (χ1v) is 8.50. The van der Waals surface area contributed by atoms with Crippen LogP contribution in [0.1, 0.15) is 35.4 Å². The fourth-order valence-electron chi connectivity index (χ4n) is 3.06. The standard InChI is InChI=1S/C17H20O5S/c1-20-12-7-11-14(8-13(12)21-2)23-16(17(18)19)15(11)22-9-10-5-3-4-6-10/h7-8,10H,3-6,9H2,1-2H3,(H,18,19). The molecule has 0 saturated heterocycles. The third kappa shape index (κ3) is 3.08. The topological polar surface area (TPSA) is 65.0 Å². The van der Waals surface area contributed by atoms with Crippen molar-refractivity contribution in [2.45, 2.75) is 25.7 Å². The van der Waals surface area contributed by atoms with E-state index < -0.39 is 5.97 Å². The molecule has 0 amide bonds. The third-order valence-corrected chi connectivity index (χ3v) is 5.40. The Kier molecular flexibility index (Phi) is 4.61. The quantitative estimate of drug-likeness (QED) is 0.857. The summed E-state index contributed by atoms with van der Waals surface area (Å²) in [5, 5.41) is 10.2.